The molecule has 0 N–H and O–H groups in total. The highest BCUT2D eigenvalue weighted by Crippen LogP contribution is 2.30. The van der Waals surface area contributed by atoms with E-state index < -0.39 is 0 Å². The van der Waals surface area contributed by atoms with E-state index in [1.165, 1.54) is 11.4 Å². The summed E-state index contributed by atoms with van der Waals surface area (Å²) in [5, 5.41) is 10.4. The molecule has 0 bridgehead atoms. The zero-order valence-electron chi connectivity index (χ0n) is 25.6. The minimum Gasteiger partial charge on any atom is -0.378 e. The summed E-state index contributed by atoms with van der Waals surface area (Å²) in [6.07, 6.45) is 16.5. The van der Waals surface area contributed by atoms with E-state index in [1.54, 1.807) is 0 Å². The lowest BCUT2D eigenvalue weighted by molar-refractivity contribution is 1.13. The number of hydrogen-bond acceptors (Lipinski definition) is 4. The lowest BCUT2D eigenvalue weighted by Crippen LogP contribution is -2.07. The van der Waals surface area contributed by atoms with E-state index in [2.05, 4.69) is 119 Å². The molecule has 0 aliphatic heterocycles. The molecule has 44 heavy (non-hydrogen) atoms. The minimum absolute atomic E-state index is 0.641. The molecule has 0 radical (unpaired) electrons. The monoisotopic (exact) mass is 572 g/mol. The minimum atomic E-state index is 0.641. The summed E-state index contributed by atoms with van der Waals surface area (Å²) < 4.78 is 0. The smallest absolute Gasteiger partial charge is 0.0991 e. The molecule has 1 heterocycles. The van der Waals surface area contributed by atoms with Crippen molar-refractivity contribution >= 4 is 46.6 Å². The molecule has 5 aromatic rings. The summed E-state index contributed by atoms with van der Waals surface area (Å²) in [5.74, 6) is 0. The zero-order chi connectivity index (χ0) is 30.9. The Kier molecular flexibility index (Phi) is 9.49. The average molecular weight is 573 g/mol. The molecular weight excluding hydrogens is 536 g/mol. The Hall–Kier alpha value is -5.66. The normalized spacial score (nSPS) is 11.7. The molecule has 4 nitrogen and oxygen atoms in total. The summed E-state index contributed by atoms with van der Waals surface area (Å²) in [4.78, 5) is 9.13. The molecule has 0 amide bonds. The first-order chi connectivity index (χ1) is 21.4. The topological polar surface area (TPSA) is 43.2 Å². The maximum Gasteiger partial charge on any atom is 0.0991 e. The van der Waals surface area contributed by atoms with Crippen molar-refractivity contribution in [1.29, 1.82) is 5.26 Å². The molecule has 0 fully saturated rings. The van der Waals surface area contributed by atoms with Gasteiger partial charge in [-0.05, 0) is 88.5 Å². The first-order valence-electron chi connectivity index (χ1n) is 14.6. The lowest BCUT2D eigenvalue weighted by Gasteiger charge is -2.11. The third kappa shape index (κ3) is 7.59. The second kappa shape index (κ2) is 14.0. The number of aromatic nitrogens is 1. The van der Waals surface area contributed by atoms with Crippen LogP contribution in [0.5, 0.6) is 0 Å². The van der Waals surface area contributed by atoms with E-state index in [-0.39, 0.29) is 0 Å². The Balaban J connectivity index is 1.41. The second-order valence-electron chi connectivity index (χ2n) is 11.0. The number of fused-ring (bicyclic) bond motifs is 1. The highest BCUT2D eigenvalue weighted by atomic mass is 15.1. The van der Waals surface area contributed by atoms with Gasteiger partial charge in [0.25, 0.3) is 0 Å². The van der Waals surface area contributed by atoms with Gasteiger partial charge in [0.2, 0.25) is 0 Å². The number of nitrogens with zero attached hydrogens (tertiary/aromatic N) is 4. The Morgan fingerprint density at radius 2 is 1.07 bits per heavy atom. The molecule has 0 unspecified atom stereocenters. The molecule has 0 saturated heterocycles. The highest BCUT2D eigenvalue weighted by molar-refractivity contribution is 5.96. The number of anilines is 2. The number of benzene rings is 4. The fourth-order valence-electron chi connectivity index (χ4n) is 4.84. The van der Waals surface area contributed by atoms with Crippen LogP contribution in [0.3, 0.4) is 0 Å². The van der Waals surface area contributed by atoms with Crippen LogP contribution in [0.25, 0.3) is 46.3 Å². The van der Waals surface area contributed by atoms with Crippen LogP contribution < -0.4 is 9.80 Å². The van der Waals surface area contributed by atoms with Crippen LogP contribution in [0.4, 0.5) is 11.4 Å². The van der Waals surface area contributed by atoms with Crippen molar-refractivity contribution in [1.82, 2.24) is 4.98 Å². The Labute approximate surface area is 260 Å². The lowest BCUT2D eigenvalue weighted by atomic mass is 9.97. The van der Waals surface area contributed by atoms with Crippen LogP contribution in [0, 0.1) is 11.3 Å². The van der Waals surface area contributed by atoms with Crippen LogP contribution in [0.2, 0.25) is 0 Å². The maximum atomic E-state index is 9.31. The highest BCUT2D eigenvalue weighted by Gasteiger charge is 2.08. The molecule has 4 aromatic carbocycles. The summed E-state index contributed by atoms with van der Waals surface area (Å²) in [6, 6.07) is 35.3. The quantitative estimate of drug-likeness (QED) is 0.165. The van der Waals surface area contributed by atoms with Crippen molar-refractivity contribution in [3.05, 3.63) is 149 Å². The van der Waals surface area contributed by atoms with E-state index in [0.717, 1.165) is 44.4 Å². The van der Waals surface area contributed by atoms with Crippen molar-refractivity contribution in [3.63, 3.8) is 0 Å². The molecule has 216 valence electrons. The average Bonchev–Trinajstić information content (AvgIpc) is 3.05. The Morgan fingerprint density at radius 3 is 1.59 bits per heavy atom. The molecule has 0 aliphatic carbocycles. The number of allylic oxidation sites excluding steroid dienone is 4. The van der Waals surface area contributed by atoms with Gasteiger partial charge in [0, 0.05) is 45.0 Å². The van der Waals surface area contributed by atoms with Crippen LogP contribution >= 0.6 is 0 Å². The SMILES string of the molecule is CN(C)c1ccc(/C=C/C=C/c2ccc3nc(/C=C/C=C/c4ccc(N(C)C)cc4)cc(-c4ccc(C#N)cc4)c3c2)cc1. The van der Waals surface area contributed by atoms with Crippen molar-refractivity contribution in [2.24, 2.45) is 0 Å². The summed E-state index contributed by atoms with van der Waals surface area (Å²) >= 11 is 0. The van der Waals surface area contributed by atoms with Gasteiger partial charge in [-0.15, -0.1) is 0 Å². The summed E-state index contributed by atoms with van der Waals surface area (Å²) in [7, 11) is 8.17. The van der Waals surface area contributed by atoms with Crippen LogP contribution in [0.1, 0.15) is 27.9 Å². The van der Waals surface area contributed by atoms with Crippen molar-refractivity contribution in [2.75, 3.05) is 38.0 Å². The van der Waals surface area contributed by atoms with E-state index in [0.29, 0.717) is 5.56 Å². The van der Waals surface area contributed by atoms with E-state index in [9.17, 15) is 5.26 Å². The van der Waals surface area contributed by atoms with Gasteiger partial charge in [-0.3, -0.25) is 0 Å². The second-order valence-corrected chi connectivity index (χ2v) is 11.0. The van der Waals surface area contributed by atoms with E-state index in [4.69, 9.17) is 4.98 Å². The van der Waals surface area contributed by atoms with Gasteiger partial charge in [0.15, 0.2) is 0 Å². The molecule has 0 saturated carbocycles. The van der Waals surface area contributed by atoms with Crippen molar-refractivity contribution < 1.29 is 0 Å². The molecule has 0 atom stereocenters. The fourth-order valence-corrected chi connectivity index (χ4v) is 4.84. The third-order valence-electron chi connectivity index (χ3n) is 7.35. The van der Waals surface area contributed by atoms with Crippen molar-refractivity contribution in [2.45, 2.75) is 0 Å². The van der Waals surface area contributed by atoms with E-state index in [1.807, 2.05) is 70.7 Å². The summed E-state index contributed by atoms with van der Waals surface area (Å²) in [5.41, 5.74) is 10.3. The van der Waals surface area contributed by atoms with Gasteiger partial charge in [0.05, 0.1) is 22.8 Å². The van der Waals surface area contributed by atoms with E-state index >= 15 is 0 Å². The first-order valence-corrected chi connectivity index (χ1v) is 14.6. The van der Waals surface area contributed by atoms with Gasteiger partial charge in [-0.1, -0.05) is 85.0 Å². The molecule has 4 heteroatoms. The first kappa shape index (κ1) is 29.8. The van der Waals surface area contributed by atoms with Crippen LogP contribution in [0.15, 0.2) is 121 Å². The Bertz CT molecular complexity index is 1880. The number of nitriles is 1. The predicted molar refractivity (Wildman–Crippen MR) is 190 cm³/mol. The number of hydrogen-bond donors (Lipinski definition) is 0. The molecule has 1 aromatic heterocycles. The summed E-state index contributed by atoms with van der Waals surface area (Å²) in [6.45, 7) is 0. The maximum absolute atomic E-state index is 9.31. The van der Waals surface area contributed by atoms with Gasteiger partial charge in [-0.25, -0.2) is 4.98 Å². The van der Waals surface area contributed by atoms with Gasteiger partial charge < -0.3 is 9.80 Å². The number of rotatable bonds is 9. The van der Waals surface area contributed by atoms with Crippen LogP contribution in [-0.4, -0.2) is 33.2 Å². The molecular formula is C40H36N4. The number of pyridine rings is 1. The standard InChI is InChI=1S/C40H36N4/c1-43(2)36-22-15-30(16-23-36)9-5-6-11-32-19-26-40-39(27-32)38(34-20-13-33(29-41)14-21-34)28-35(42-40)12-8-7-10-31-17-24-37(25-18-31)44(3)4/h5-28H,1-4H3/b9-5+,10-7+,11-6+,12-8+. The predicted octanol–water partition coefficient (Wildman–Crippen LogP) is 9.36. The third-order valence-corrected chi connectivity index (χ3v) is 7.35. The molecule has 0 spiro atoms. The van der Waals surface area contributed by atoms with Crippen LogP contribution in [-0.2, 0) is 0 Å². The fraction of sp³-hybridized carbons (Fsp3) is 0.100. The zero-order valence-corrected chi connectivity index (χ0v) is 25.6. The molecule has 0 aliphatic rings. The van der Waals surface area contributed by atoms with Gasteiger partial charge >= 0.3 is 0 Å². The van der Waals surface area contributed by atoms with Gasteiger partial charge in [-0.2, -0.15) is 5.26 Å². The largest absolute Gasteiger partial charge is 0.378 e. The molecule has 5 rings (SSSR count). The van der Waals surface area contributed by atoms with Crippen molar-refractivity contribution in [3.8, 4) is 17.2 Å². The van der Waals surface area contributed by atoms with Gasteiger partial charge in [0.1, 0.15) is 0 Å². The Morgan fingerprint density at radius 1 is 0.568 bits per heavy atom.